The third-order valence-electron chi connectivity index (χ3n) is 7.35. The predicted molar refractivity (Wildman–Crippen MR) is 159 cm³/mol. The zero-order valence-electron chi connectivity index (χ0n) is 26.2. The summed E-state index contributed by atoms with van der Waals surface area (Å²) >= 11 is 0. The highest BCUT2D eigenvalue weighted by Gasteiger charge is 2.39. The minimum atomic E-state index is 0.0451. The van der Waals surface area contributed by atoms with Gasteiger partial charge in [-0.15, -0.1) is 0 Å². The molecule has 0 radical (unpaired) electrons. The normalized spacial score (nSPS) is 14.9. The van der Waals surface area contributed by atoms with E-state index in [4.69, 9.17) is 0 Å². The summed E-state index contributed by atoms with van der Waals surface area (Å²) in [7, 11) is 0. The third-order valence-corrected chi connectivity index (χ3v) is 7.35. The lowest BCUT2D eigenvalue weighted by molar-refractivity contribution is 0.471. The van der Waals surface area contributed by atoms with E-state index in [1.807, 2.05) is 0 Å². The Kier molecular flexibility index (Phi) is 7.96. The van der Waals surface area contributed by atoms with Gasteiger partial charge in [0, 0.05) is 5.92 Å². The molecule has 0 fully saturated rings. The SMILES string of the molecule is CCC(c1cccc(C(C)(C)C)c1)c1cc(C(C)(C)C)c(C(C)(C)C)c(C(C)(C)C)c1C(C)(C)C. The van der Waals surface area contributed by atoms with E-state index < -0.39 is 0 Å². The maximum atomic E-state index is 2.62. The van der Waals surface area contributed by atoms with E-state index in [9.17, 15) is 0 Å². The van der Waals surface area contributed by atoms with Crippen LogP contribution >= 0.6 is 0 Å². The number of benzene rings is 2. The minimum absolute atomic E-state index is 0.0451. The van der Waals surface area contributed by atoms with Crippen molar-refractivity contribution in [2.24, 2.45) is 0 Å². The number of rotatable bonds is 3. The molecule has 0 aliphatic rings. The highest BCUT2D eigenvalue weighted by molar-refractivity contribution is 5.58. The topological polar surface area (TPSA) is 0 Å². The molecular weight excluding hydrogens is 420 g/mol. The first-order valence-electron chi connectivity index (χ1n) is 13.8. The Morgan fingerprint density at radius 3 is 1.40 bits per heavy atom. The fraction of sp³-hybridized carbons (Fsp3) is 0.657. The average molecular weight is 477 g/mol. The summed E-state index contributed by atoms with van der Waals surface area (Å²) in [4.78, 5) is 0. The van der Waals surface area contributed by atoms with E-state index in [1.54, 1.807) is 16.7 Å². The lowest BCUT2D eigenvalue weighted by atomic mass is 9.61. The van der Waals surface area contributed by atoms with Crippen LogP contribution in [0.4, 0.5) is 0 Å². The molecule has 2 aromatic carbocycles. The van der Waals surface area contributed by atoms with Gasteiger partial charge in [0.15, 0.2) is 0 Å². The smallest absolute Gasteiger partial charge is 0.00899 e. The van der Waals surface area contributed by atoms with Crippen LogP contribution in [0, 0.1) is 0 Å². The first kappa shape index (κ1) is 29.7. The van der Waals surface area contributed by atoms with Crippen molar-refractivity contribution in [2.75, 3.05) is 0 Å². The van der Waals surface area contributed by atoms with Crippen molar-refractivity contribution in [1.82, 2.24) is 0 Å². The van der Waals surface area contributed by atoms with Crippen molar-refractivity contribution in [3.05, 3.63) is 69.3 Å². The van der Waals surface area contributed by atoms with E-state index in [-0.39, 0.29) is 27.1 Å². The minimum Gasteiger partial charge on any atom is -0.0645 e. The lowest BCUT2D eigenvalue weighted by Gasteiger charge is -2.43. The average Bonchev–Trinajstić information content (AvgIpc) is 2.64. The Balaban J connectivity index is 3.16. The first-order valence-corrected chi connectivity index (χ1v) is 13.8. The van der Waals surface area contributed by atoms with Crippen LogP contribution in [0.2, 0.25) is 0 Å². The van der Waals surface area contributed by atoms with Crippen LogP contribution in [0.3, 0.4) is 0 Å². The summed E-state index contributed by atoms with van der Waals surface area (Å²) in [5.41, 5.74) is 11.0. The number of hydrogen-bond donors (Lipinski definition) is 0. The molecule has 0 aromatic heterocycles. The summed E-state index contributed by atoms with van der Waals surface area (Å²) in [5.74, 6) is 0.378. The summed E-state index contributed by atoms with van der Waals surface area (Å²) in [6.07, 6.45) is 1.10. The molecule has 0 nitrogen and oxygen atoms in total. The third kappa shape index (κ3) is 6.42. The Morgan fingerprint density at radius 1 is 0.543 bits per heavy atom. The van der Waals surface area contributed by atoms with Gasteiger partial charge >= 0.3 is 0 Å². The van der Waals surface area contributed by atoms with E-state index >= 15 is 0 Å². The Hall–Kier alpha value is -1.56. The highest BCUT2D eigenvalue weighted by Crippen LogP contribution is 2.49. The van der Waals surface area contributed by atoms with Crippen LogP contribution in [0.1, 0.15) is 162 Å². The fourth-order valence-electron chi connectivity index (χ4n) is 5.76. The Morgan fingerprint density at radius 2 is 1.03 bits per heavy atom. The molecule has 2 aromatic rings. The molecule has 0 spiro atoms. The molecule has 0 bridgehead atoms. The van der Waals surface area contributed by atoms with Gasteiger partial charge in [0.05, 0.1) is 0 Å². The molecule has 35 heavy (non-hydrogen) atoms. The van der Waals surface area contributed by atoms with Crippen molar-refractivity contribution >= 4 is 0 Å². The van der Waals surface area contributed by atoms with Crippen molar-refractivity contribution in [3.8, 4) is 0 Å². The van der Waals surface area contributed by atoms with Crippen LogP contribution in [0.25, 0.3) is 0 Å². The molecule has 0 heterocycles. The van der Waals surface area contributed by atoms with Crippen molar-refractivity contribution in [2.45, 2.75) is 150 Å². The van der Waals surface area contributed by atoms with Crippen LogP contribution < -0.4 is 0 Å². The first-order chi connectivity index (χ1) is 15.5. The van der Waals surface area contributed by atoms with Gasteiger partial charge in [-0.1, -0.05) is 141 Å². The lowest BCUT2D eigenvalue weighted by Crippen LogP contribution is -2.33. The van der Waals surface area contributed by atoms with Gasteiger partial charge in [-0.2, -0.15) is 0 Å². The molecule has 0 amide bonds. The fourth-order valence-corrected chi connectivity index (χ4v) is 5.76. The van der Waals surface area contributed by atoms with Gasteiger partial charge < -0.3 is 0 Å². The predicted octanol–water partition coefficient (Wildman–Crippen LogP) is 10.7. The Bertz CT molecular complexity index is 1030. The van der Waals surface area contributed by atoms with Gasteiger partial charge in [-0.3, -0.25) is 0 Å². The van der Waals surface area contributed by atoms with Gasteiger partial charge in [0.2, 0.25) is 0 Å². The molecule has 196 valence electrons. The van der Waals surface area contributed by atoms with E-state index in [2.05, 4.69) is 141 Å². The molecule has 0 aliphatic carbocycles. The van der Waals surface area contributed by atoms with Crippen molar-refractivity contribution in [1.29, 1.82) is 0 Å². The zero-order valence-corrected chi connectivity index (χ0v) is 26.2. The maximum Gasteiger partial charge on any atom is 0.00899 e. The molecule has 1 unspecified atom stereocenters. The Labute approximate surface area is 219 Å². The second kappa shape index (κ2) is 9.39. The summed E-state index contributed by atoms with van der Waals surface area (Å²) in [5, 5.41) is 0. The quantitative estimate of drug-likeness (QED) is 0.413. The van der Waals surface area contributed by atoms with Gasteiger partial charge in [-0.25, -0.2) is 0 Å². The largest absolute Gasteiger partial charge is 0.0645 e. The summed E-state index contributed by atoms with van der Waals surface area (Å²) in [6, 6.07) is 12.0. The van der Waals surface area contributed by atoms with E-state index in [0.717, 1.165) is 6.42 Å². The van der Waals surface area contributed by atoms with Crippen LogP contribution in [-0.4, -0.2) is 0 Å². The van der Waals surface area contributed by atoms with Gasteiger partial charge in [0.1, 0.15) is 0 Å². The standard InChI is InChI=1S/C35H56/c1-17-25(23-19-18-20-24(21-23)31(2,3)4)26-22-27(32(5,6)7)29(34(11,12)13)30(35(14,15)16)28(26)33(8,9)10/h18-22,25H,17H2,1-16H3. The molecule has 0 aliphatic heterocycles. The molecule has 2 rings (SSSR count). The van der Waals surface area contributed by atoms with Crippen LogP contribution in [0.5, 0.6) is 0 Å². The molecular formula is C35H56. The van der Waals surface area contributed by atoms with E-state index in [1.165, 1.54) is 22.3 Å². The van der Waals surface area contributed by atoms with Gasteiger partial charge in [0.25, 0.3) is 0 Å². The van der Waals surface area contributed by atoms with Crippen LogP contribution in [-0.2, 0) is 27.1 Å². The number of hydrogen-bond acceptors (Lipinski definition) is 0. The second-order valence-electron chi connectivity index (χ2n) is 16.0. The highest BCUT2D eigenvalue weighted by atomic mass is 14.4. The maximum absolute atomic E-state index is 2.62. The van der Waals surface area contributed by atoms with Gasteiger partial charge in [-0.05, 0) is 72.4 Å². The molecule has 0 saturated carbocycles. The molecule has 0 saturated heterocycles. The monoisotopic (exact) mass is 476 g/mol. The van der Waals surface area contributed by atoms with Crippen LogP contribution in [0.15, 0.2) is 30.3 Å². The molecule has 0 N–H and O–H groups in total. The molecule has 0 heteroatoms. The van der Waals surface area contributed by atoms with Crippen molar-refractivity contribution in [3.63, 3.8) is 0 Å². The molecule has 1 atom stereocenters. The van der Waals surface area contributed by atoms with Crippen molar-refractivity contribution < 1.29 is 0 Å². The summed E-state index contributed by atoms with van der Waals surface area (Å²) < 4.78 is 0. The summed E-state index contributed by atoms with van der Waals surface area (Å²) in [6.45, 7) is 38.3. The second-order valence-corrected chi connectivity index (χ2v) is 16.0. The zero-order chi connectivity index (χ0) is 27.4. The van der Waals surface area contributed by atoms with E-state index in [0.29, 0.717) is 5.92 Å².